The number of aliphatic hydroxyl groups excluding tert-OH is 3. The van der Waals surface area contributed by atoms with Crippen LogP contribution in [0.5, 0.6) is 0 Å². The summed E-state index contributed by atoms with van der Waals surface area (Å²) in [5.74, 6) is 0. The quantitative estimate of drug-likeness (QED) is 0.365. The van der Waals surface area contributed by atoms with Gasteiger partial charge in [-0.1, -0.05) is 0 Å². The fraction of sp³-hybridized carbons (Fsp3) is 0.800. The Balaban J connectivity index is 2.82. The lowest BCUT2D eigenvalue weighted by Gasteiger charge is -2.35. The summed E-state index contributed by atoms with van der Waals surface area (Å²) < 4.78 is 14.7. The lowest BCUT2D eigenvalue weighted by Crippen LogP contribution is -2.50. The zero-order chi connectivity index (χ0) is 18.5. The van der Waals surface area contributed by atoms with Gasteiger partial charge < -0.3 is 24.8 Å². The number of nitrogens with zero attached hydrogens (tertiary/aromatic N) is 2. The normalized spacial score (nSPS) is 27.3. The second kappa shape index (κ2) is 8.84. The number of aliphatic hydroxyl groups is 3. The van der Waals surface area contributed by atoms with Crippen LogP contribution in [0.4, 0.5) is 4.79 Å². The molecular weight excluding hydrogens is 336 g/mol. The highest BCUT2D eigenvalue weighted by atomic mass is 32.2. The van der Waals surface area contributed by atoms with Gasteiger partial charge in [0.25, 0.3) is 0 Å². The zero-order valence-electron chi connectivity index (χ0n) is 14.5. The average molecular weight is 363 g/mol. The number of amidine groups is 1. The molecule has 138 valence electrons. The largest absolute Gasteiger partial charge is 0.509 e. The van der Waals surface area contributed by atoms with Crippen LogP contribution in [0.3, 0.4) is 0 Å². The van der Waals surface area contributed by atoms with E-state index in [0.717, 1.165) is 11.8 Å². The Bertz CT molecular complexity index is 489. The number of rotatable bonds is 3. The van der Waals surface area contributed by atoms with Crippen molar-refractivity contribution in [3.63, 3.8) is 0 Å². The number of thioether (sulfide) groups is 1. The van der Waals surface area contributed by atoms with Crippen molar-refractivity contribution in [3.8, 4) is 0 Å². The number of carbonyl (C=O) groups is 1. The Morgan fingerprint density at radius 3 is 2.54 bits per heavy atom. The van der Waals surface area contributed by atoms with Gasteiger partial charge in [-0.15, -0.1) is 4.90 Å². The van der Waals surface area contributed by atoms with E-state index in [1.54, 1.807) is 27.7 Å². The first kappa shape index (κ1) is 21.0. The Hall–Kier alpha value is -1.09. The van der Waals surface area contributed by atoms with Gasteiger partial charge in [0.2, 0.25) is 0 Å². The van der Waals surface area contributed by atoms with Crippen LogP contribution in [0.25, 0.3) is 0 Å². The van der Waals surface area contributed by atoms with E-state index < -0.39 is 42.0 Å². The predicted molar refractivity (Wildman–Crippen MR) is 92.8 cm³/mol. The minimum Gasteiger partial charge on any atom is -0.425 e. The standard InChI is InChI=1S/C15H27N2O6S/c1-6-17(14(21)23-15(2,3)4)13(16-5)24-11-7-9(19)12(20)10(8-18)22-11/h9-12,18-20H,5-8H2,1-4H3/q+1. The van der Waals surface area contributed by atoms with E-state index in [-0.39, 0.29) is 11.6 Å². The summed E-state index contributed by atoms with van der Waals surface area (Å²) in [6.45, 7) is 10.4. The molecule has 0 aromatic heterocycles. The molecule has 0 spiro atoms. The highest BCUT2D eigenvalue weighted by Gasteiger charge is 2.41. The number of ether oxygens (including phenoxy) is 2. The third-order valence-electron chi connectivity index (χ3n) is 3.25. The van der Waals surface area contributed by atoms with E-state index in [2.05, 4.69) is 11.4 Å². The van der Waals surface area contributed by atoms with E-state index in [1.165, 1.54) is 4.90 Å². The van der Waals surface area contributed by atoms with Crippen molar-refractivity contribution in [2.45, 2.75) is 63.5 Å². The van der Waals surface area contributed by atoms with Gasteiger partial charge in [0.05, 0.1) is 19.3 Å². The summed E-state index contributed by atoms with van der Waals surface area (Å²) in [6.07, 6.45) is -3.51. The van der Waals surface area contributed by atoms with Crippen LogP contribution in [0, 0.1) is 0 Å². The lowest BCUT2D eigenvalue weighted by atomic mass is 10.0. The van der Waals surface area contributed by atoms with Crippen LogP contribution in [0.1, 0.15) is 34.1 Å². The molecule has 0 radical (unpaired) electrons. The van der Waals surface area contributed by atoms with Gasteiger partial charge in [0.15, 0.2) is 6.72 Å². The summed E-state index contributed by atoms with van der Waals surface area (Å²) in [5.41, 5.74) is -1.23. The molecule has 4 atom stereocenters. The molecule has 1 heterocycles. The van der Waals surface area contributed by atoms with Gasteiger partial charge in [0.1, 0.15) is 23.2 Å². The number of hydrogen-bond donors (Lipinski definition) is 3. The van der Waals surface area contributed by atoms with Crippen LogP contribution in [0.15, 0.2) is 0 Å². The predicted octanol–water partition coefficient (Wildman–Crippen LogP) is -0.0705. The summed E-state index contributed by atoms with van der Waals surface area (Å²) in [4.78, 5) is 13.6. The van der Waals surface area contributed by atoms with Crippen molar-refractivity contribution in [1.82, 2.24) is 9.57 Å². The zero-order valence-corrected chi connectivity index (χ0v) is 15.3. The summed E-state index contributed by atoms with van der Waals surface area (Å²) in [7, 11) is 0. The number of carbonyl (C=O) groups excluding carboxylic acids is 1. The van der Waals surface area contributed by atoms with Crippen LogP contribution in [-0.2, 0) is 9.47 Å². The Kier molecular flexibility index (Phi) is 7.72. The van der Waals surface area contributed by atoms with Gasteiger partial charge >= 0.3 is 11.3 Å². The first-order valence-corrected chi connectivity index (χ1v) is 8.64. The van der Waals surface area contributed by atoms with Gasteiger partial charge in [-0.25, -0.2) is 4.67 Å². The van der Waals surface area contributed by atoms with Crippen LogP contribution < -0.4 is 4.67 Å². The van der Waals surface area contributed by atoms with Gasteiger partial charge in [0, 0.05) is 18.2 Å². The molecule has 3 N–H and O–H groups in total. The molecule has 4 unspecified atom stereocenters. The van der Waals surface area contributed by atoms with Crippen LogP contribution in [-0.4, -0.2) is 80.7 Å². The van der Waals surface area contributed by atoms with Crippen LogP contribution in [0.2, 0.25) is 0 Å². The molecule has 1 rings (SSSR count). The molecule has 0 saturated carbocycles. The molecule has 0 aromatic carbocycles. The molecule has 1 saturated heterocycles. The molecule has 1 amide bonds. The third-order valence-corrected chi connectivity index (χ3v) is 4.38. The molecule has 0 aliphatic carbocycles. The molecule has 8 nitrogen and oxygen atoms in total. The fourth-order valence-electron chi connectivity index (χ4n) is 2.11. The second-order valence-corrected chi connectivity index (χ2v) is 7.49. The number of hydrogen-bond acceptors (Lipinski definition) is 7. The average Bonchev–Trinajstić information content (AvgIpc) is 2.48. The van der Waals surface area contributed by atoms with E-state index in [0.29, 0.717) is 6.54 Å². The van der Waals surface area contributed by atoms with Gasteiger partial charge in [-0.2, -0.15) is 4.79 Å². The molecule has 24 heavy (non-hydrogen) atoms. The molecule has 1 aliphatic heterocycles. The minimum atomic E-state index is -1.15. The Morgan fingerprint density at radius 2 is 2.08 bits per heavy atom. The molecular formula is C15H27N2O6S+. The Morgan fingerprint density at radius 1 is 1.46 bits per heavy atom. The molecule has 0 bridgehead atoms. The highest BCUT2D eigenvalue weighted by molar-refractivity contribution is 8.14. The second-order valence-electron chi connectivity index (χ2n) is 6.36. The summed E-state index contributed by atoms with van der Waals surface area (Å²) in [5, 5.41) is 29.1. The van der Waals surface area contributed by atoms with Crippen molar-refractivity contribution < 1.29 is 29.6 Å². The van der Waals surface area contributed by atoms with E-state index in [4.69, 9.17) is 9.47 Å². The first-order chi connectivity index (χ1) is 11.1. The molecule has 1 fully saturated rings. The van der Waals surface area contributed by atoms with E-state index >= 15 is 0 Å². The highest BCUT2D eigenvalue weighted by Crippen LogP contribution is 2.29. The maximum Gasteiger partial charge on any atom is 0.509 e. The molecule has 1 aliphatic rings. The minimum absolute atomic E-state index is 0.132. The first-order valence-electron chi connectivity index (χ1n) is 7.76. The lowest BCUT2D eigenvalue weighted by molar-refractivity contribution is -0.156. The maximum absolute atomic E-state index is 12.3. The van der Waals surface area contributed by atoms with Crippen molar-refractivity contribution in [3.05, 3.63) is 0 Å². The number of amides is 1. The SMILES string of the molecule is C=[N+]=C(SC1CC(O)C(O)C(CO)O1)N(CC)C(=O)OC(C)(C)C. The summed E-state index contributed by atoms with van der Waals surface area (Å²) in [6, 6.07) is 0. The summed E-state index contributed by atoms with van der Waals surface area (Å²) >= 11 is 1.09. The van der Waals surface area contributed by atoms with Gasteiger partial charge in [-0.3, -0.25) is 0 Å². The molecule has 0 aromatic rings. The topological polar surface area (TPSA) is 114 Å². The van der Waals surface area contributed by atoms with Crippen molar-refractivity contribution in [2.24, 2.45) is 0 Å². The maximum atomic E-state index is 12.3. The smallest absolute Gasteiger partial charge is 0.425 e. The third kappa shape index (κ3) is 5.77. The fourth-order valence-corrected chi connectivity index (χ4v) is 3.24. The molecule has 9 heteroatoms. The Labute approximate surface area is 146 Å². The van der Waals surface area contributed by atoms with Crippen molar-refractivity contribution >= 4 is 29.7 Å². The van der Waals surface area contributed by atoms with Crippen molar-refractivity contribution in [2.75, 3.05) is 13.2 Å². The van der Waals surface area contributed by atoms with E-state index in [9.17, 15) is 20.1 Å². The van der Waals surface area contributed by atoms with Crippen LogP contribution >= 0.6 is 11.8 Å². The van der Waals surface area contributed by atoms with Crippen molar-refractivity contribution in [1.29, 1.82) is 0 Å². The monoisotopic (exact) mass is 363 g/mol. The van der Waals surface area contributed by atoms with Gasteiger partial charge in [-0.05, 0) is 27.7 Å². The van der Waals surface area contributed by atoms with E-state index in [1.807, 2.05) is 0 Å².